The SMILES string of the molecule is CCCCCCCCC/C=C\C(CCCCCCC(=O)O)OC(=O)CCCCCCCCCCCCCCCCCCCCCC. The fraction of sp³-hybridized carbons (Fsp3) is 0.905. The van der Waals surface area contributed by atoms with Crippen LogP contribution >= 0.6 is 0 Å². The van der Waals surface area contributed by atoms with E-state index >= 15 is 0 Å². The smallest absolute Gasteiger partial charge is 0.306 e. The molecule has 1 N–H and O–H groups in total. The van der Waals surface area contributed by atoms with Crippen molar-refractivity contribution in [1.29, 1.82) is 0 Å². The molecule has 0 amide bonds. The molecular formula is C42H80O4. The summed E-state index contributed by atoms with van der Waals surface area (Å²) >= 11 is 0. The first-order valence-corrected chi connectivity index (χ1v) is 20.7. The predicted octanol–water partition coefficient (Wildman–Crippen LogP) is 14.2. The van der Waals surface area contributed by atoms with Crippen LogP contribution in [0, 0.1) is 0 Å². The van der Waals surface area contributed by atoms with Gasteiger partial charge in [-0.3, -0.25) is 9.59 Å². The molecule has 0 heterocycles. The molecule has 0 aromatic rings. The van der Waals surface area contributed by atoms with Crippen molar-refractivity contribution in [3.8, 4) is 0 Å². The number of hydrogen-bond donors (Lipinski definition) is 1. The number of allylic oxidation sites excluding steroid dienone is 1. The highest BCUT2D eigenvalue weighted by atomic mass is 16.5. The molecule has 0 radical (unpaired) electrons. The molecule has 46 heavy (non-hydrogen) atoms. The van der Waals surface area contributed by atoms with Crippen molar-refractivity contribution in [2.45, 2.75) is 245 Å². The van der Waals surface area contributed by atoms with Gasteiger partial charge in [0.1, 0.15) is 6.10 Å². The van der Waals surface area contributed by atoms with Crippen LogP contribution in [0.1, 0.15) is 239 Å². The maximum Gasteiger partial charge on any atom is 0.306 e. The van der Waals surface area contributed by atoms with E-state index in [4.69, 9.17) is 9.84 Å². The van der Waals surface area contributed by atoms with Crippen LogP contribution in [-0.2, 0) is 14.3 Å². The number of rotatable bonds is 38. The van der Waals surface area contributed by atoms with E-state index in [-0.39, 0.29) is 18.5 Å². The molecular weight excluding hydrogens is 568 g/mol. The fourth-order valence-corrected chi connectivity index (χ4v) is 6.39. The Bertz CT molecular complexity index is 658. The van der Waals surface area contributed by atoms with E-state index in [0.717, 1.165) is 51.4 Å². The summed E-state index contributed by atoms with van der Waals surface area (Å²) in [6.07, 6.45) is 46.8. The molecule has 0 bridgehead atoms. The zero-order chi connectivity index (χ0) is 33.6. The molecule has 0 saturated heterocycles. The third-order valence-corrected chi connectivity index (χ3v) is 9.47. The van der Waals surface area contributed by atoms with Gasteiger partial charge in [0.15, 0.2) is 0 Å². The molecule has 0 fully saturated rings. The Morgan fingerprint density at radius 2 is 0.826 bits per heavy atom. The molecule has 0 aromatic heterocycles. The van der Waals surface area contributed by atoms with Crippen LogP contribution in [0.15, 0.2) is 12.2 Å². The third kappa shape index (κ3) is 37.1. The highest BCUT2D eigenvalue weighted by Gasteiger charge is 2.11. The Labute approximate surface area is 287 Å². The van der Waals surface area contributed by atoms with Crippen LogP contribution in [0.25, 0.3) is 0 Å². The largest absolute Gasteiger partial charge is 0.481 e. The van der Waals surface area contributed by atoms with Crippen molar-refractivity contribution in [2.75, 3.05) is 0 Å². The van der Waals surface area contributed by atoms with Gasteiger partial charge < -0.3 is 9.84 Å². The fourth-order valence-electron chi connectivity index (χ4n) is 6.39. The van der Waals surface area contributed by atoms with Crippen LogP contribution in [0.5, 0.6) is 0 Å². The van der Waals surface area contributed by atoms with E-state index in [9.17, 15) is 9.59 Å². The number of ether oxygens (including phenoxy) is 1. The number of carboxylic acid groups (broad SMARTS) is 1. The first kappa shape index (κ1) is 44.7. The van der Waals surface area contributed by atoms with Crippen LogP contribution in [0.2, 0.25) is 0 Å². The van der Waals surface area contributed by atoms with Crippen LogP contribution in [0.3, 0.4) is 0 Å². The van der Waals surface area contributed by atoms with Gasteiger partial charge in [-0.05, 0) is 44.6 Å². The van der Waals surface area contributed by atoms with Crippen molar-refractivity contribution < 1.29 is 19.4 Å². The van der Waals surface area contributed by atoms with E-state index in [1.54, 1.807) is 0 Å². The lowest BCUT2D eigenvalue weighted by Crippen LogP contribution is -2.16. The lowest BCUT2D eigenvalue weighted by molar-refractivity contribution is -0.147. The van der Waals surface area contributed by atoms with E-state index in [0.29, 0.717) is 6.42 Å². The van der Waals surface area contributed by atoms with Crippen molar-refractivity contribution in [3.63, 3.8) is 0 Å². The van der Waals surface area contributed by atoms with Gasteiger partial charge in [0, 0.05) is 12.8 Å². The minimum atomic E-state index is -0.717. The Balaban J connectivity index is 3.84. The van der Waals surface area contributed by atoms with Gasteiger partial charge in [-0.25, -0.2) is 0 Å². The number of hydrogen-bond acceptors (Lipinski definition) is 3. The summed E-state index contributed by atoms with van der Waals surface area (Å²) in [7, 11) is 0. The summed E-state index contributed by atoms with van der Waals surface area (Å²) in [5, 5.41) is 8.83. The number of aliphatic carboxylic acids is 1. The minimum Gasteiger partial charge on any atom is -0.481 e. The van der Waals surface area contributed by atoms with Crippen LogP contribution in [-0.4, -0.2) is 23.1 Å². The molecule has 1 atom stereocenters. The number of carboxylic acids is 1. The van der Waals surface area contributed by atoms with Crippen LogP contribution < -0.4 is 0 Å². The van der Waals surface area contributed by atoms with Gasteiger partial charge in [-0.2, -0.15) is 0 Å². The quantitative estimate of drug-likeness (QED) is 0.0411. The molecule has 1 unspecified atom stereocenters. The van der Waals surface area contributed by atoms with Gasteiger partial charge in [0.05, 0.1) is 0 Å². The normalized spacial score (nSPS) is 12.2. The molecule has 0 aliphatic carbocycles. The highest BCUT2D eigenvalue weighted by Crippen LogP contribution is 2.17. The van der Waals surface area contributed by atoms with Crippen molar-refractivity contribution in [3.05, 3.63) is 12.2 Å². The second-order valence-electron chi connectivity index (χ2n) is 14.2. The molecule has 0 rings (SSSR count). The van der Waals surface area contributed by atoms with Gasteiger partial charge in [-0.1, -0.05) is 193 Å². The van der Waals surface area contributed by atoms with Gasteiger partial charge in [-0.15, -0.1) is 0 Å². The van der Waals surface area contributed by atoms with Crippen molar-refractivity contribution in [2.24, 2.45) is 0 Å². The lowest BCUT2D eigenvalue weighted by Gasteiger charge is -2.15. The van der Waals surface area contributed by atoms with E-state index < -0.39 is 5.97 Å². The van der Waals surface area contributed by atoms with Gasteiger partial charge >= 0.3 is 11.9 Å². The molecule has 0 aromatic carbocycles. The minimum absolute atomic E-state index is 0.0566. The average Bonchev–Trinajstić information content (AvgIpc) is 3.04. The second kappa shape index (κ2) is 38.1. The zero-order valence-electron chi connectivity index (χ0n) is 31.2. The highest BCUT2D eigenvalue weighted by molar-refractivity contribution is 5.69. The molecule has 0 aliphatic heterocycles. The van der Waals surface area contributed by atoms with Crippen LogP contribution in [0.4, 0.5) is 0 Å². The first-order valence-electron chi connectivity index (χ1n) is 20.7. The molecule has 4 heteroatoms. The van der Waals surface area contributed by atoms with E-state index in [1.807, 2.05) is 0 Å². The van der Waals surface area contributed by atoms with Crippen molar-refractivity contribution in [1.82, 2.24) is 0 Å². The Morgan fingerprint density at radius 3 is 1.24 bits per heavy atom. The Kier molecular flexibility index (Phi) is 37.0. The average molecular weight is 649 g/mol. The lowest BCUT2D eigenvalue weighted by atomic mass is 10.0. The van der Waals surface area contributed by atoms with E-state index in [2.05, 4.69) is 26.0 Å². The molecule has 0 spiro atoms. The Hall–Kier alpha value is -1.32. The topological polar surface area (TPSA) is 63.6 Å². The summed E-state index contributed by atoms with van der Waals surface area (Å²) in [5.74, 6) is -0.774. The summed E-state index contributed by atoms with van der Waals surface area (Å²) in [4.78, 5) is 23.3. The maximum absolute atomic E-state index is 12.6. The molecule has 272 valence electrons. The molecule has 0 saturated carbocycles. The molecule has 0 aliphatic rings. The van der Waals surface area contributed by atoms with Gasteiger partial charge in [0.25, 0.3) is 0 Å². The zero-order valence-corrected chi connectivity index (χ0v) is 31.2. The monoisotopic (exact) mass is 649 g/mol. The molecule has 4 nitrogen and oxygen atoms in total. The Morgan fingerprint density at radius 1 is 0.478 bits per heavy atom. The number of unbranched alkanes of at least 4 members (excludes halogenated alkanes) is 29. The predicted molar refractivity (Wildman–Crippen MR) is 200 cm³/mol. The summed E-state index contributed by atoms with van der Waals surface area (Å²) in [6.45, 7) is 4.55. The summed E-state index contributed by atoms with van der Waals surface area (Å²) in [5.41, 5.74) is 0. The summed E-state index contributed by atoms with van der Waals surface area (Å²) in [6, 6.07) is 0. The number of esters is 1. The van der Waals surface area contributed by atoms with Gasteiger partial charge in [0.2, 0.25) is 0 Å². The van der Waals surface area contributed by atoms with E-state index in [1.165, 1.54) is 161 Å². The first-order chi connectivity index (χ1) is 22.6. The van der Waals surface area contributed by atoms with Crippen molar-refractivity contribution >= 4 is 11.9 Å². The maximum atomic E-state index is 12.6. The summed E-state index contributed by atoms with van der Waals surface area (Å²) < 4.78 is 5.89. The standard InChI is InChI=1S/C42H80O4/c1-3-5-7-9-11-13-14-15-16-17-18-19-20-21-22-23-25-27-29-35-39-42(45)46-40(37-33-30-31-34-38-41(43)44)36-32-28-26-24-12-10-8-6-4-2/h32,36,40H,3-31,33-35,37-39H2,1-2H3,(H,43,44)/b36-32-. The number of carbonyl (C=O) groups excluding carboxylic acids is 1. The third-order valence-electron chi connectivity index (χ3n) is 9.47. The number of carbonyl (C=O) groups is 2. The second-order valence-corrected chi connectivity index (χ2v) is 14.2.